The van der Waals surface area contributed by atoms with E-state index in [-0.39, 0.29) is 12.5 Å². The third-order valence-corrected chi connectivity index (χ3v) is 2.33. The molecule has 0 fully saturated rings. The van der Waals surface area contributed by atoms with E-state index >= 15 is 0 Å². The van der Waals surface area contributed by atoms with E-state index in [0.29, 0.717) is 6.29 Å². The van der Waals surface area contributed by atoms with Gasteiger partial charge in [0.1, 0.15) is 19.0 Å². The topological polar surface area (TPSA) is 72.6 Å². The number of aliphatic hydroxyl groups is 1. The summed E-state index contributed by atoms with van der Waals surface area (Å²) in [4.78, 5) is 10.1. The highest BCUT2D eigenvalue weighted by atomic mass is 19.2. The molecule has 2 unspecified atom stereocenters. The first-order chi connectivity index (χ1) is 8.88. The molecule has 0 aromatic heterocycles. The minimum Gasteiger partial charge on any atom is -0.485 e. The van der Waals surface area contributed by atoms with Gasteiger partial charge < -0.3 is 20.4 Å². The fourth-order valence-electron chi connectivity index (χ4n) is 1.24. The first-order valence-electron chi connectivity index (χ1n) is 5.21. The SMILES string of the molecule is NC(CC=O)C(O)COc1c(F)c(F)cc(F)c1F. The Bertz CT molecular complexity index is 443. The van der Waals surface area contributed by atoms with Crippen LogP contribution in [0.5, 0.6) is 5.75 Å². The van der Waals surface area contributed by atoms with Crippen molar-refractivity contribution in [1.29, 1.82) is 0 Å². The number of carbonyl (C=O) groups excluding carboxylic acids is 1. The molecule has 0 heterocycles. The van der Waals surface area contributed by atoms with Gasteiger partial charge in [0.15, 0.2) is 17.4 Å². The molecule has 3 N–H and O–H groups in total. The van der Waals surface area contributed by atoms with Crippen molar-refractivity contribution in [3.05, 3.63) is 29.3 Å². The quantitative estimate of drug-likeness (QED) is 0.461. The summed E-state index contributed by atoms with van der Waals surface area (Å²) in [6.45, 7) is -0.717. The van der Waals surface area contributed by atoms with Gasteiger partial charge in [0.05, 0.1) is 0 Å². The number of ether oxygens (including phenoxy) is 1. The summed E-state index contributed by atoms with van der Waals surface area (Å²) in [7, 11) is 0. The first-order valence-corrected chi connectivity index (χ1v) is 5.21. The number of rotatable bonds is 6. The Morgan fingerprint density at radius 2 is 1.79 bits per heavy atom. The van der Waals surface area contributed by atoms with Gasteiger partial charge in [0.2, 0.25) is 11.6 Å². The molecule has 2 atom stereocenters. The normalized spacial score (nSPS) is 14.0. The molecule has 1 rings (SSSR count). The van der Waals surface area contributed by atoms with Crippen LogP contribution in [0, 0.1) is 23.3 Å². The highest BCUT2D eigenvalue weighted by Gasteiger charge is 2.22. The van der Waals surface area contributed by atoms with Crippen LogP contribution in [-0.2, 0) is 4.79 Å². The molecular weight excluding hydrogens is 270 g/mol. The molecule has 0 saturated carbocycles. The Morgan fingerprint density at radius 1 is 1.26 bits per heavy atom. The minimum absolute atomic E-state index is 0.0338. The molecule has 19 heavy (non-hydrogen) atoms. The smallest absolute Gasteiger partial charge is 0.203 e. The Labute approximate surface area is 105 Å². The lowest BCUT2D eigenvalue weighted by Gasteiger charge is -2.17. The maximum absolute atomic E-state index is 13.2. The van der Waals surface area contributed by atoms with E-state index in [1.807, 2.05) is 0 Å². The Hall–Kier alpha value is -1.67. The van der Waals surface area contributed by atoms with Crippen LogP contribution in [0.1, 0.15) is 6.42 Å². The molecule has 0 aliphatic rings. The fourth-order valence-corrected chi connectivity index (χ4v) is 1.24. The number of halogens is 4. The summed E-state index contributed by atoms with van der Waals surface area (Å²) < 4.78 is 56.5. The largest absolute Gasteiger partial charge is 0.485 e. The van der Waals surface area contributed by atoms with Gasteiger partial charge >= 0.3 is 0 Å². The third-order valence-electron chi connectivity index (χ3n) is 2.33. The molecule has 1 aromatic carbocycles. The van der Waals surface area contributed by atoms with Gasteiger partial charge in [-0.05, 0) is 0 Å². The van der Waals surface area contributed by atoms with Gasteiger partial charge in [-0.3, -0.25) is 0 Å². The van der Waals surface area contributed by atoms with Crippen molar-refractivity contribution in [2.75, 3.05) is 6.61 Å². The number of aliphatic hydroxyl groups excluding tert-OH is 1. The molecule has 0 amide bonds. The van der Waals surface area contributed by atoms with Gasteiger partial charge in [-0.2, -0.15) is 8.78 Å². The lowest BCUT2D eigenvalue weighted by atomic mass is 10.1. The summed E-state index contributed by atoms with van der Waals surface area (Å²) in [6.07, 6.45) is -1.18. The van der Waals surface area contributed by atoms with Gasteiger partial charge in [0.25, 0.3) is 0 Å². The van der Waals surface area contributed by atoms with Crippen molar-refractivity contribution in [3.8, 4) is 5.75 Å². The van der Waals surface area contributed by atoms with E-state index in [4.69, 9.17) is 5.73 Å². The van der Waals surface area contributed by atoms with Gasteiger partial charge in [-0.1, -0.05) is 0 Å². The van der Waals surface area contributed by atoms with Crippen molar-refractivity contribution >= 4 is 6.29 Å². The van der Waals surface area contributed by atoms with Gasteiger partial charge in [-0.25, -0.2) is 8.78 Å². The van der Waals surface area contributed by atoms with Crippen LogP contribution in [0.4, 0.5) is 17.6 Å². The van der Waals surface area contributed by atoms with E-state index in [9.17, 15) is 27.5 Å². The highest BCUT2D eigenvalue weighted by Crippen LogP contribution is 2.26. The molecule has 0 radical (unpaired) electrons. The summed E-state index contributed by atoms with van der Waals surface area (Å²) in [5.74, 6) is -7.96. The number of hydrogen-bond donors (Lipinski definition) is 2. The first kappa shape index (κ1) is 15.4. The summed E-state index contributed by atoms with van der Waals surface area (Å²) in [5.41, 5.74) is 5.33. The second-order valence-electron chi connectivity index (χ2n) is 3.74. The van der Waals surface area contributed by atoms with Crippen molar-refractivity contribution in [1.82, 2.24) is 0 Å². The molecule has 0 aliphatic carbocycles. The summed E-state index contributed by atoms with van der Waals surface area (Å²) in [5, 5.41) is 9.39. The van der Waals surface area contributed by atoms with Crippen LogP contribution in [0.25, 0.3) is 0 Å². The van der Waals surface area contributed by atoms with Crippen LogP contribution < -0.4 is 10.5 Å². The second-order valence-corrected chi connectivity index (χ2v) is 3.74. The van der Waals surface area contributed by atoms with Crippen LogP contribution in [0.2, 0.25) is 0 Å². The van der Waals surface area contributed by atoms with E-state index in [0.717, 1.165) is 0 Å². The highest BCUT2D eigenvalue weighted by molar-refractivity contribution is 5.50. The molecule has 0 bridgehead atoms. The Balaban J connectivity index is 2.81. The van der Waals surface area contributed by atoms with Crippen molar-refractivity contribution in [2.45, 2.75) is 18.6 Å². The monoisotopic (exact) mass is 281 g/mol. The predicted molar refractivity (Wildman–Crippen MR) is 56.4 cm³/mol. The average Bonchev–Trinajstić information content (AvgIpc) is 2.36. The zero-order valence-corrected chi connectivity index (χ0v) is 9.58. The van der Waals surface area contributed by atoms with Crippen LogP contribution >= 0.6 is 0 Å². The number of benzene rings is 1. The van der Waals surface area contributed by atoms with Crippen LogP contribution in [-0.4, -0.2) is 30.1 Å². The van der Waals surface area contributed by atoms with E-state index in [2.05, 4.69) is 4.74 Å². The van der Waals surface area contributed by atoms with Gasteiger partial charge in [-0.15, -0.1) is 0 Å². The fraction of sp³-hybridized carbons (Fsp3) is 0.364. The van der Waals surface area contributed by atoms with E-state index in [1.54, 1.807) is 0 Å². The molecule has 0 aliphatic heterocycles. The Kier molecular flexibility index (Phi) is 5.25. The predicted octanol–water partition coefficient (Wildman–Crippen LogP) is 0.899. The molecule has 106 valence electrons. The number of nitrogens with two attached hydrogens (primary N) is 1. The third kappa shape index (κ3) is 3.65. The molecule has 0 saturated heterocycles. The number of hydrogen-bond acceptors (Lipinski definition) is 4. The van der Waals surface area contributed by atoms with Crippen LogP contribution in [0.15, 0.2) is 6.07 Å². The summed E-state index contributed by atoms with van der Waals surface area (Å²) in [6, 6.07) is -0.978. The maximum Gasteiger partial charge on any atom is 0.203 e. The molecular formula is C11H11F4NO3. The zero-order valence-electron chi connectivity index (χ0n) is 9.58. The number of aldehydes is 1. The van der Waals surface area contributed by atoms with Crippen LogP contribution in [0.3, 0.4) is 0 Å². The average molecular weight is 281 g/mol. The van der Waals surface area contributed by atoms with E-state index < -0.39 is 47.8 Å². The molecule has 1 aromatic rings. The van der Waals surface area contributed by atoms with Crippen molar-refractivity contribution < 1.29 is 32.2 Å². The Morgan fingerprint density at radius 3 is 2.26 bits per heavy atom. The van der Waals surface area contributed by atoms with Gasteiger partial charge in [0, 0.05) is 18.5 Å². The second kappa shape index (κ2) is 6.48. The zero-order chi connectivity index (χ0) is 14.6. The van der Waals surface area contributed by atoms with E-state index in [1.165, 1.54) is 0 Å². The van der Waals surface area contributed by atoms with Crippen molar-refractivity contribution in [2.24, 2.45) is 5.73 Å². The standard InChI is InChI=1S/C11H11F4NO3/c12-5-3-6(13)10(15)11(9(5)14)19-4-8(18)7(16)1-2-17/h2-3,7-8,18H,1,4,16H2. The lowest BCUT2D eigenvalue weighted by molar-refractivity contribution is -0.108. The molecule has 4 nitrogen and oxygen atoms in total. The minimum atomic E-state index is -1.71. The molecule has 8 heteroatoms. The lowest BCUT2D eigenvalue weighted by Crippen LogP contribution is -2.39. The molecule has 0 spiro atoms. The maximum atomic E-state index is 13.2. The van der Waals surface area contributed by atoms with Crippen molar-refractivity contribution in [3.63, 3.8) is 0 Å². The summed E-state index contributed by atoms with van der Waals surface area (Å²) >= 11 is 0. The number of carbonyl (C=O) groups is 1.